The van der Waals surface area contributed by atoms with Crippen LogP contribution in [0, 0.1) is 0 Å². The van der Waals surface area contributed by atoms with Crippen LogP contribution >= 0.6 is 0 Å². The lowest BCUT2D eigenvalue weighted by atomic mass is 9.98. The summed E-state index contributed by atoms with van der Waals surface area (Å²) in [4.78, 5) is 0. The second-order valence-corrected chi connectivity index (χ2v) is 6.74. The molecule has 4 rings (SSSR count). The van der Waals surface area contributed by atoms with Gasteiger partial charge in [-0.2, -0.15) is 0 Å². The van der Waals surface area contributed by atoms with E-state index in [1.807, 2.05) is 0 Å². The van der Waals surface area contributed by atoms with Gasteiger partial charge in [-0.3, -0.25) is 0 Å². The smallest absolute Gasteiger partial charge is 0.115 e. The lowest BCUT2D eigenvalue weighted by molar-refractivity contribution is 0.0537. The molecule has 0 amide bonds. The molecule has 0 aromatic heterocycles. The molecule has 6 nitrogen and oxygen atoms in total. The van der Waals surface area contributed by atoms with E-state index < -0.39 is 0 Å². The summed E-state index contributed by atoms with van der Waals surface area (Å²) < 4.78 is 32.8. The van der Waals surface area contributed by atoms with Crippen LogP contribution in [0.3, 0.4) is 0 Å². The molecule has 4 aliphatic rings. The van der Waals surface area contributed by atoms with Gasteiger partial charge in [0.1, 0.15) is 23.4 Å². The van der Waals surface area contributed by atoms with Crippen molar-refractivity contribution in [2.45, 2.75) is 42.7 Å². The van der Waals surface area contributed by atoms with Crippen LogP contribution in [0.25, 0.3) is 0 Å². The Kier molecular flexibility index (Phi) is 3.94. The fourth-order valence-corrected chi connectivity index (χ4v) is 2.62. The summed E-state index contributed by atoms with van der Waals surface area (Å²) in [6.45, 7) is 6.12. The van der Waals surface area contributed by atoms with E-state index in [4.69, 9.17) is 28.4 Å². The highest BCUT2D eigenvalue weighted by Gasteiger charge is 2.48. The van der Waals surface area contributed by atoms with Crippen LogP contribution in [0.5, 0.6) is 0 Å². The first-order valence-corrected chi connectivity index (χ1v) is 7.94. The molecular formula is C15H24O6. The molecule has 0 aromatic carbocycles. The summed E-state index contributed by atoms with van der Waals surface area (Å²) in [6, 6.07) is 0. The van der Waals surface area contributed by atoms with Gasteiger partial charge in [-0.25, -0.2) is 0 Å². The highest BCUT2D eigenvalue weighted by Crippen LogP contribution is 2.38. The van der Waals surface area contributed by atoms with Crippen LogP contribution < -0.4 is 0 Å². The van der Waals surface area contributed by atoms with Gasteiger partial charge < -0.3 is 28.4 Å². The van der Waals surface area contributed by atoms with Gasteiger partial charge in [0, 0.05) is 0 Å². The third kappa shape index (κ3) is 4.37. The van der Waals surface area contributed by atoms with Crippen molar-refractivity contribution in [2.75, 3.05) is 52.9 Å². The van der Waals surface area contributed by atoms with E-state index >= 15 is 0 Å². The van der Waals surface area contributed by atoms with Crippen LogP contribution in [0.4, 0.5) is 0 Å². The SMILES string of the molecule is C(CC1(COCC2CO2)CO1)CC1(COCC2CO2)CO1. The van der Waals surface area contributed by atoms with Gasteiger partial charge in [0.25, 0.3) is 0 Å². The topological polar surface area (TPSA) is 68.6 Å². The normalized spacial score (nSPS) is 42.9. The average Bonchev–Trinajstić information content (AvgIpc) is 3.33. The lowest BCUT2D eigenvalue weighted by Crippen LogP contribution is -2.24. The van der Waals surface area contributed by atoms with Gasteiger partial charge in [-0.15, -0.1) is 0 Å². The lowest BCUT2D eigenvalue weighted by Gasteiger charge is -2.15. The Labute approximate surface area is 125 Å². The predicted octanol–water partition coefficient (Wildman–Crippen LogP) is 0.526. The van der Waals surface area contributed by atoms with E-state index in [1.54, 1.807) is 0 Å². The molecule has 0 bridgehead atoms. The largest absolute Gasteiger partial charge is 0.376 e. The molecule has 4 unspecified atom stereocenters. The summed E-state index contributed by atoms with van der Waals surface area (Å²) in [7, 11) is 0. The number of rotatable bonds is 12. The maximum absolute atomic E-state index is 5.66. The highest BCUT2D eigenvalue weighted by atomic mass is 16.6. The third-order valence-electron chi connectivity index (χ3n) is 4.51. The first-order chi connectivity index (χ1) is 10.3. The van der Waals surface area contributed by atoms with Crippen LogP contribution in [0.15, 0.2) is 0 Å². The Balaban J connectivity index is 1.09. The van der Waals surface area contributed by atoms with E-state index in [0.717, 1.165) is 45.7 Å². The van der Waals surface area contributed by atoms with E-state index in [0.29, 0.717) is 38.6 Å². The molecular weight excluding hydrogens is 276 g/mol. The molecule has 120 valence electrons. The molecule has 0 spiro atoms. The van der Waals surface area contributed by atoms with Gasteiger partial charge in [0.15, 0.2) is 0 Å². The Hall–Kier alpha value is -0.240. The number of epoxide rings is 4. The second kappa shape index (κ2) is 5.76. The maximum atomic E-state index is 5.66. The molecule has 4 heterocycles. The fraction of sp³-hybridized carbons (Fsp3) is 1.00. The zero-order valence-electron chi connectivity index (χ0n) is 12.4. The van der Waals surface area contributed by atoms with Crippen LogP contribution in [-0.2, 0) is 28.4 Å². The minimum atomic E-state index is -0.0340. The molecule has 0 radical (unpaired) electrons. The zero-order valence-corrected chi connectivity index (χ0v) is 12.4. The minimum Gasteiger partial charge on any atom is -0.376 e. The maximum Gasteiger partial charge on any atom is 0.115 e. The average molecular weight is 300 g/mol. The first kappa shape index (κ1) is 14.4. The third-order valence-corrected chi connectivity index (χ3v) is 4.51. The Morgan fingerprint density at radius 1 is 0.810 bits per heavy atom. The summed E-state index contributed by atoms with van der Waals surface area (Å²) >= 11 is 0. The standard InChI is InChI=1S/C15H24O6/c1(2-14(10-20-14)8-16-4-12-6-18-12)3-15(11-21-15)9-17-5-13-7-19-13/h12-13H,1-11H2. The molecule has 6 heteroatoms. The Morgan fingerprint density at radius 3 is 1.57 bits per heavy atom. The quantitative estimate of drug-likeness (QED) is 0.490. The molecule has 4 aliphatic heterocycles. The van der Waals surface area contributed by atoms with Crippen LogP contribution in [0.2, 0.25) is 0 Å². The minimum absolute atomic E-state index is 0.0340. The Morgan fingerprint density at radius 2 is 1.24 bits per heavy atom. The van der Waals surface area contributed by atoms with Crippen molar-refractivity contribution in [1.82, 2.24) is 0 Å². The van der Waals surface area contributed by atoms with Gasteiger partial charge in [0.2, 0.25) is 0 Å². The number of hydrogen-bond acceptors (Lipinski definition) is 6. The van der Waals surface area contributed by atoms with Crippen LogP contribution in [-0.4, -0.2) is 76.3 Å². The van der Waals surface area contributed by atoms with E-state index in [2.05, 4.69) is 0 Å². The summed E-state index contributed by atoms with van der Waals surface area (Å²) in [5.41, 5.74) is -0.0681. The molecule has 21 heavy (non-hydrogen) atoms. The molecule has 4 atom stereocenters. The number of hydrogen-bond donors (Lipinski definition) is 0. The van der Waals surface area contributed by atoms with Crippen molar-refractivity contribution in [3.8, 4) is 0 Å². The predicted molar refractivity (Wildman–Crippen MR) is 72.3 cm³/mol. The van der Waals surface area contributed by atoms with Crippen molar-refractivity contribution in [2.24, 2.45) is 0 Å². The summed E-state index contributed by atoms with van der Waals surface area (Å²) in [6.07, 6.45) is 3.82. The summed E-state index contributed by atoms with van der Waals surface area (Å²) in [5.74, 6) is 0. The Bertz CT molecular complexity index is 323. The monoisotopic (exact) mass is 300 g/mol. The zero-order chi connectivity index (χ0) is 14.2. The van der Waals surface area contributed by atoms with Crippen molar-refractivity contribution >= 4 is 0 Å². The van der Waals surface area contributed by atoms with Crippen molar-refractivity contribution in [3.05, 3.63) is 0 Å². The molecule has 4 fully saturated rings. The fourth-order valence-electron chi connectivity index (χ4n) is 2.62. The van der Waals surface area contributed by atoms with Crippen molar-refractivity contribution in [1.29, 1.82) is 0 Å². The molecule has 4 saturated heterocycles. The van der Waals surface area contributed by atoms with E-state index in [1.165, 1.54) is 0 Å². The van der Waals surface area contributed by atoms with Gasteiger partial charge in [0.05, 0.1) is 52.9 Å². The van der Waals surface area contributed by atoms with Gasteiger partial charge in [-0.05, 0) is 19.3 Å². The van der Waals surface area contributed by atoms with Gasteiger partial charge >= 0.3 is 0 Å². The molecule has 0 aliphatic carbocycles. The van der Waals surface area contributed by atoms with Crippen molar-refractivity contribution < 1.29 is 28.4 Å². The number of ether oxygens (including phenoxy) is 6. The summed E-state index contributed by atoms with van der Waals surface area (Å²) in [5, 5.41) is 0. The first-order valence-electron chi connectivity index (χ1n) is 7.94. The second-order valence-electron chi connectivity index (χ2n) is 6.74. The van der Waals surface area contributed by atoms with Crippen molar-refractivity contribution in [3.63, 3.8) is 0 Å². The highest BCUT2D eigenvalue weighted by molar-refractivity contribution is 4.96. The molecule has 0 aromatic rings. The van der Waals surface area contributed by atoms with E-state index in [9.17, 15) is 0 Å². The van der Waals surface area contributed by atoms with Crippen LogP contribution in [0.1, 0.15) is 19.3 Å². The molecule has 0 N–H and O–H groups in total. The van der Waals surface area contributed by atoms with Gasteiger partial charge in [-0.1, -0.05) is 0 Å². The molecule has 0 saturated carbocycles. The van der Waals surface area contributed by atoms with E-state index in [-0.39, 0.29) is 11.2 Å².